The normalized spacial score (nSPS) is 10.5. The average Bonchev–Trinajstić information content (AvgIpc) is 3.10. The van der Waals surface area contributed by atoms with Gasteiger partial charge in [-0.25, -0.2) is 9.97 Å². The van der Waals surface area contributed by atoms with Crippen LogP contribution >= 0.6 is 0 Å². The molecule has 2 aromatic heterocycles. The summed E-state index contributed by atoms with van der Waals surface area (Å²) in [6, 6.07) is 9.42. The van der Waals surface area contributed by atoms with Gasteiger partial charge >= 0.3 is 5.97 Å². The summed E-state index contributed by atoms with van der Waals surface area (Å²) in [7, 11) is 1.71. The molecule has 0 aliphatic carbocycles. The lowest BCUT2D eigenvalue weighted by atomic mass is 10.1. The Morgan fingerprint density at radius 3 is 2.64 bits per heavy atom. The van der Waals surface area contributed by atoms with Crippen molar-refractivity contribution in [2.75, 3.05) is 18.5 Å². The molecule has 0 fully saturated rings. The summed E-state index contributed by atoms with van der Waals surface area (Å²) in [5, 5.41) is 3.82. The van der Waals surface area contributed by atoms with Crippen molar-refractivity contribution in [3.05, 3.63) is 54.1 Å². The second-order valence-corrected chi connectivity index (χ2v) is 5.45. The van der Waals surface area contributed by atoms with Crippen molar-refractivity contribution in [3.63, 3.8) is 0 Å². The Kier molecular flexibility index (Phi) is 4.98. The van der Waals surface area contributed by atoms with Crippen LogP contribution in [0.5, 0.6) is 0 Å². The highest BCUT2D eigenvalue weighted by Crippen LogP contribution is 2.17. The first-order chi connectivity index (χ1) is 12.1. The summed E-state index contributed by atoms with van der Waals surface area (Å²) in [6.07, 6.45) is 3.21. The lowest BCUT2D eigenvalue weighted by Crippen LogP contribution is -2.28. The number of nitrogens with zero attached hydrogens (tertiary/aromatic N) is 5. The average molecular weight is 339 g/mol. The van der Waals surface area contributed by atoms with Crippen LogP contribution in [-0.4, -0.2) is 39.7 Å². The van der Waals surface area contributed by atoms with E-state index in [1.54, 1.807) is 30.4 Å². The summed E-state index contributed by atoms with van der Waals surface area (Å²) < 4.78 is 10.4. The third-order valence-corrected chi connectivity index (χ3v) is 3.39. The summed E-state index contributed by atoms with van der Waals surface area (Å²) in [5.41, 5.74) is 1.96. The fourth-order valence-corrected chi connectivity index (χ4v) is 2.07. The smallest absolute Gasteiger partial charge is 0.326 e. The molecule has 2 heterocycles. The molecule has 0 amide bonds. The SMILES string of the molecule is Cc1ccc(-c2nc(COC(=O)CN(C)c3ncccn3)no2)cc1. The summed E-state index contributed by atoms with van der Waals surface area (Å²) in [6.45, 7) is 1.96. The standard InChI is InChI=1S/C17H17N5O3/c1-12-4-6-13(7-5-12)16-20-14(21-25-16)11-24-15(23)10-22(2)17-18-8-3-9-19-17/h3-9H,10-11H2,1-2H3. The highest BCUT2D eigenvalue weighted by molar-refractivity contribution is 5.74. The minimum atomic E-state index is -0.434. The predicted molar refractivity (Wildman–Crippen MR) is 89.6 cm³/mol. The zero-order valence-electron chi connectivity index (χ0n) is 13.9. The largest absolute Gasteiger partial charge is 0.456 e. The molecule has 0 saturated carbocycles. The van der Waals surface area contributed by atoms with E-state index >= 15 is 0 Å². The number of ether oxygens (including phenoxy) is 1. The number of aromatic nitrogens is 4. The molecule has 25 heavy (non-hydrogen) atoms. The van der Waals surface area contributed by atoms with E-state index in [1.165, 1.54) is 0 Å². The number of hydrogen-bond donors (Lipinski definition) is 0. The van der Waals surface area contributed by atoms with Crippen LogP contribution in [0.25, 0.3) is 11.5 Å². The van der Waals surface area contributed by atoms with Crippen LogP contribution in [0.2, 0.25) is 0 Å². The van der Waals surface area contributed by atoms with Crippen LogP contribution in [0.3, 0.4) is 0 Å². The third-order valence-electron chi connectivity index (χ3n) is 3.39. The molecule has 0 aliphatic heterocycles. The molecule has 3 aromatic rings. The zero-order chi connectivity index (χ0) is 17.6. The lowest BCUT2D eigenvalue weighted by molar-refractivity contribution is -0.143. The van der Waals surface area contributed by atoms with Crippen molar-refractivity contribution in [2.24, 2.45) is 0 Å². The van der Waals surface area contributed by atoms with Crippen LogP contribution < -0.4 is 4.90 Å². The van der Waals surface area contributed by atoms with E-state index in [4.69, 9.17) is 9.26 Å². The first kappa shape index (κ1) is 16.6. The van der Waals surface area contributed by atoms with Crippen LogP contribution in [0.1, 0.15) is 11.4 Å². The molecule has 8 nitrogen and oxygen atoms in total. The lowest BCUT2D eigenvalue weighted by Gasteiger charge is -2.14. The topological polar surface area (TPSA) is 94.2 Å². The molecule has 0 unspecified atom stereocenters. The minimum absolute atomic E-state index is 0.0205. The van der Waals surface area contributed by atoms with Crippen molar-refractivity contribution >= 4 is 11.9 Å². The first-order valence-electron chi connectivity index (χ1n) is 7.65. The van der Waals surface area contributed by atoms with Gasteiger partial charge in [-0.05, 0) is 25.1 Å². The van der Waals surface area contributed by atoms with Crippen molar-refractivity contribution in [1.29, 1.82) is 0 Å². The fraction of sp³-hybridized carbons (Fsp3) is 0.235. The Bertz CT molecular complexity index is 833. The van der Waals surface area contributed by atoms with Gasteiger partial charge in [0, 0.05) is 25.0 Å². The van der Waals surface area contributed by atoms with Crippen molar-refractivity contribution in [3.8, 4) is 11.5 Å². The number of rotatable bonds is 6. The quantitative estimate of drug-likeness (QED) is 0.630. The molecule has 3 rings (SSSR count). The number of benzene rings is 1. The first-order valence-corrected chi connectivity index (χ1v) is 7.65. The summed E-state index contributed by atoms with van der Waals surface area (Å²) >= 11 is 0. The van der Waals surface area contributed by atoms with Gasteiger partial charge in [0.1, 0.15) is 6.54 Å². The molecule has 0 bridgehead atoms. The number of aryl methyl sites for hydroxylation is 1. The maximum Gasteiger partial charge on any atom is 0.326 e. The highest BCUT2D eigenvalue weighted by atomic mass is 16.5. The number of anilines is 1. The molecular weight excluding hydrogens is 322 g/mol. The van der Waals surface area contributed by atoms with E-state index in [1.807, 2.05) is 31.2 Å². The maximum absolute atomic E-state index is 11.9. The van der Waals surface area contributed by atoms with Gasteiger partial charge in [0.15, 0.2) is 6.61 Å². The van der Waals surface area contributed by atoms with Crippen molar-refractivity contribution in [1.82, 2.24) is 20.1 Å². The Hall–Kier alpha value is -3.29. The van der Waals surface area contributed by atoms with E-state index in [2.05, 4.69) is 20.1 Å². The number of esters is 1. The maximum atomic E-state index is 11.9. The molecule has 1 aromatic carbocycles. The number of carbonyl (C=O) groups is 1. The molecule has 0 spiro atoms. The molecule has 0 radical (unpaired) electrons. The Balaban J connectivity index is 1.53. The second kappa shape index (κ2) is 7.52. The fourth-order valence-electron chi connectivity index (χ4n) is 2.07. The highest BCUT2D eigenvalue weighted by Gasteiger charge is 2.13. The van der Waals surface area contributed by atoms with E-state index in [0.717, 1.165) is 11.1 Å². The van der Waals surface area contributed by atoms with Gasteiger partial charge in [0.25, 0.3) is 5.89 Å². The van der Waals surface area contributed by atoms with Crippen LogP contribution in [0.4, 0.5) is 5.95 Å². The minimum Gasteiger partial charge on any atom is -0.456 e. The molecule has 0 N–H and O–H groups in total. The van der Waals surface area contributed by atoms with Gasteiger partial charge in [-0.1, -0.05) is 22.9 Å². The zero-order valence-corrected chi connectivity index (χ0v) is 13.9. The molecular formula is C17H17N5O3. The number of likely N-dealkylation sites (N-methyl/N-ethyl adjacent to an activating group) is 1. The van der Waals surface area contributed by atoms with E-state index < -0.39 is 5.97 Å². The second-order valence-electron chi connectivity index (χ2n) is 5.45. The monoisotopic (exact) mass is 339 g/mol. The third kappa shape index (κ3) is 4.37. The van der Waals surface area contributed by atoms with Gasteiger partial charge in [0.2, 0.25) is 11.8 Å². The van der Waals surface area contributed by atoms with Gasteiger partial charge < -0.3 is 14.2 Å². The summed E-state index contributed by atoms with van der Waals surface area (Å²) in [4.78, 5) is 25.8. The Labute approximate surface area is 144 Å². The Morgan fingerprint density at radius 2 is 1.92 bits per heavy atom. The predicted octanol–water partition coefficient (Wildman–Crippen LogP) is 2.01. The van der Waals surface area contributed by atoms with Gasteiger partial charge in [-0.15, -0.1) is 0 Å². The van der Waals surface area contributed by atoms with Gasteiger partial charge in [0.05, 0.1) is 0 Å². The number of carbonyl (C=O) groups excluding carboxylic acids is 1. The van der Waals surface area contributed by atoms with E-state index in [0.29, 0.717) is 17.7 Å². The molecule has 0 atom stereocenters. The van der Waals surface area contributed by atoms with Crippen molar-refractivity contribution < 1.29 is 14.1 Å². The van der Waals surface area contributed by atoms with Gasteiger partial charge in [-0.3, -0.25) is 4.79 Å². The van der Waals surface area contributed by atoms with Gasteiger partial charge in [-0.2, -0.15) is 4.98 Å². The van der Waals surface area contributed by atoms with Crippen molar-refractivity contribution in [2.45, 2.75) is 13.5 Å². The Morgan fingerprint density at radius 1 is 1.20 bits per heavy atom. The number of hydrogen-bond acceptors (Lipinski definition) is 8. The van der Waals surface area contributed by atoms with Crippen LogP contribution in [-0.2, 0) is 16.1 Å². The molecule has 0 aliphatic rings. The van der Waals surface area contributed by atoms with E-state index in [9.17, 15) is 4.79 Å². The molecule has 128 valence electrons. The van der Waals surface area contributed by atoms with E-state index in [-0.39, 0.29) is 13.2 Å². The van der Waals surface area contributed by atoms with Crippen LogP contribution in [0.15, 0.2) is 47.2 Å². The molecule has 0 saturated heterocycles. The summed E-state index contributed by atoms with van der Waals surface area (Å²) in [5.74, 6) is 0.709. The van der Waals surface area contributed by atoms with Crippen LogP contribution in [0, 0.1) is 6.92 Å². The molecule has 8 heteroatoms.